The van der Waals surface area contributed by atoms with Crippen LogP contribution in [-0.4, -0.2) is 65.2 Å². The molecule has 47 heavy (non-hydrogen) atoms. The average Bonchev–Trinajstić information content (AvgIpc) is 3.46. The number of alkyl halides is 6. The number of benzene rings is 3. The number of hydrogen-bond acceptors (Lipinski definition) is 4. The summed E-state index contributed by atoms with van der Waals surface area (Å²) < 4.78 is 80.5. The van der Waals surface area contributed by atoms with Gasteiger partial charge < -0.3 is 10.4 Å². The number of halogens is 8. The van der Waals surface area contributed by atoms with Gasteiger partial charge in [-0.3, -0.25) is 19.4 Å². The Morgan fingerprint density at radius 1 is 0.830 bits per heavy atom. The predicted octanol–water partition coefficient (Wildman–Crippen LogP) is 8.26. The Balaban J connectivity index is 0.00000300. The van der Waals surface area contributed by atoms with Crippen molar-refractivity contribution in [2.75, 3.05) is 31.5 Å². The van der Waals surface area contributed by atoms with Crippen LogP contribution in [0.2, 0.25) is 0 Å². The number of carboxylic acid groups (broad SMARTS) is 1. The van der Waals surface area contributed by atoms with Crippen LogP contribution in [0.15, 0.2) is 66.7 Å². The molecule has 2 fully saturated rings. The molecular formula is C33H35Cl2F6N3O3. The summed E-state index contributed by atoms with van der Waals surface area (Å²) in [6, 6.07) is 14.7. The molecule has 3 aromatic rings. The maximum absolute atomic E-state index is 13.7. The molecule has 2 heterocycles. The van der Waals surface area contributed by atoms with E-state index >= 15 is 0 Å². The average molecular weight is 707 g/mol. The number of carbonyl (C=O) groups excluding carboxylic acids is 1. The zero-order valence-corrected chi connectivity index (χ0v) is 26.7. The van der Waals surface area contributed by atoms with Gasteiger partial charge in [-0.1, -0.05) is 30.3 Å². The summed E-state index contributed by atoms with van der Waals surface area (Å²) in [6.45, 7) is 1.48. The van der Waals surface area contributed by atoms with Crippen molar-refractivity contribution in [1.82, 2.24) is 9.80 Å². The number of nitrogens with zero attached hydrogens (tertiary/aromatic N) is 2. The molecule has 1 amide bonds. The molecule has 0 bridgehead atoms. The number of carboxylic acids is 1. The van der Waals surface area contributed by atoms with Crippen molar-refractivity contribution in [1.29, 1.82) is 0 Å². The highest BCUT2D eigenvalue weighted by Crippen LogP contribution is 2.37. The number of carbonyl (C=O) groups is 2. The Bertz CT molecular complexity index is 1510. The van der Waals surface area contributed by atoms with Crippen LogP contribution in [0, 0.1) is 0 Å². The van der Waals surface area contributed by atoms with E-state index in [-0.39, 0.29) is 56.8 Å². The van der Waals surface area contributed by atoms with Crippen LogP contribution in [0.4, 0.5) is 32.0 Å². The molecule has 256 valence electrons. The van der Waals surface area contributed by atoms with Crippen LogP contribution in [0.1, 0.15) is 58.6 Å². The van der Waals surface area contributed by atoms with Crippen molar-refractivity contribution in [3.63, 3.8) is 0 Å². The number of anilines is 1. The third-order valence-electron chi connectivity index (χ3n) is 8.59. The first-order valence-corrected chi connectivity index (χ1v) is 14.7. The minimum atomic E-state index is -4.53. The molecule has 2 aliphatic rings. The van der Waals surface area contributed by atoms with E-state index in [0.717, 1.165) is 30.5 Å². The van der Waals surface area contributed by atoms with E-state index in [2.05, 4.69) is 5.32 Å². The van der Waals surface area contributed by atoms with E-state index in [9.17, 15) is 35.9 Å². The highest BCUT2D eigenvalue weighted by atomic mass is 35.5. The lowest BCUT2D eigenvalue weighted by Gasteiger charge is -2.31. The SMILES string of the molecule is Cl.Cl.O=C(O)CN1CCC(c2ccc(C(=O)Nc3ccc(-c4ccc(C(F)(F)F)cc4)c(CN4CCC[C@H]4C(F)(F)F)c3)cc2)CC1. The normalized spacial score (nSPS) is 17.9. The van der Waals surface area contributed by atoms with Crippen LogP contribution >= 0.6 is 24.8 Å². The molecule has 0 unspecified atom stereocenters. The fourth-order valence-corrected chi connectivity index (χ4v) is 6.25. The van der Waals surface area contributed by atoms with Gasteiger partial charge in [0.05, 0.1) is 12.1 Å². The summed E-state index contributed by atoms with van der Waals surface area (Å²) in [5, 5.41) is 11.8. The Kier molecular flexibility index (Phi) is 12.8. The van der Waals surface area contributed by atoms with Gasteiger partial charge in [-0.2, -0.15) is 26.3 Å². The van der Waals surface area contributed by atoms with Gasteiger partial charge in [0.25, 0.3) is 5.91 Å². The van der Waals surface area contributed by atoms with Gasteiger partial charge in [-0.15, -0.1) is 24.8 Å². The molecule has 2 saturated heterocycles. The number of amides is 1. The molecule has 0 aromatic heterocycles. The number of nitrogens with one attached hydrogen (secondary N) is 1. The van der Waals surface area contributed by atoms with Gasteiger partial charge >= 0.3 is 18.3 Å². The molecule has 14 heteroatoms. The van der Waals surface area contributed by atoms with Crippen molar-refractivity contribution in [2.24, 2.45) is 0 Å². The third kappa shape index (κ3) is 9.62. The molecular weight excluding hydrogens is 671 g/mol. The lowest BCUT2D eigenvalue weighted by atomic mass is 9.89. The summed E-state index contributed by atoms with van der Waals surface area (Å²) in [5.74, 6) is -1.02. The molecule has 0 saturated carbocycles. The minimum Gasteiger partial charge on any atom is -0.480 e. The maximum Gasteiger partial charge on any atom is 0.416 e. The smallest absolute Gasteiger partial charge is 0.416 e. The molecule has 2 aliphatic heterocycles. The van der Waals surface area contributed by atoms with Gasteiger partial charge in [0, 0.05) is 17.8 Å². The fourth-order valence-electron chi connectivity index (χ4n) is 6.25. The highest BCUT2D eigenvalue weighted by molar-refractivity contribution is 6.04. The van der Waals surface area contributed by atoms with Crippen LogP contribution < -0.4 is 5.32 Å². The van der Waals surface area contributed by atoms with Gasteiger partial charge in [-0.05, 0) is 110 Å². The summed E-state index contributed by atoms with van der Waals surface area (Å²) >= 11 is 0. The quantitative estimate of drug-likeness (QED) is 0.231. The monoisotopic (exact) mass is 705 g/mol. The van der Waals surface area contributed by atoms with Crippen LogP contribution in [0.5, 0.6) is 0 Å². The molecule has 3 aromatic carbocycles. The van der Waals surface area contributed by atoms with Crippen LogP contribution in [0.25, 0.3) is 11.1 Å². The second kappa shape index (κ2) is 15.7. The maximum atomic E-state index is 13.7. The van der Waals surface area contributed by atoms with Gasteiger partial charge in [-0.25, -0.2) is 0 Å². The fraction of sp³-hybridized carbons (Fsp3) is 0.394. The van der Waals surface area contributed by atoms with Crippen molar-refractivity contribution in [3.8, 4) is 11.1 Å². The molecule has 0 aliphatic carbocycles. The summed E-state index contributed by atoms with van der Waals surface area (Å²) in [4.78, 5) is 27.3. The Morgan fingerprint density at radius 3 is 2.04 bits per heavy atom. The van der Waals surface area contributed by atoms with Crippen LogP contribution in [-0.2, 0) is 17.5 Å². The first kappa shape index (κ1) is 38.1. The third-order valence-corrected chi connectivity index (χ3v) is 8.59. The van der Waals surface area contributed by atoms with Gasteiger partial charge in [0.2, 0.25) is 0 Å². The van der Waals surface area contributed by atoms with Crippen molar-refractivity contribution < 1.29 is 41.0 Å². The lowest BCUT2D eigenvalue weighted by Crippen LogP contribution is -2.40. The summed E-state index contributed by atoms with van der Waals surface area (Å²) in [7, 11) is 0. The lowest BCUT2D eigenvalue weighted by molar-refractivity contribution is -0.177. The largest absolute Gasteiger partial charge is 0.480 e. The molecule has 6 nitrogen and oxygen atoms in total. The molecule has 5 rings (SSSR count). The second-order valence-electron chi connectivity index (χ2n) is 11.6. The number of aliphatic carboxylic acids is 1. The first-order chi connectivity index (χ1) is 21.3. The number of rotatable bonds is 8. The summed E-state index contributed by atoms with van der Waals surface area (Å²) in [6.07, 6.45) is -7.00. The number of likely N-dealkylation sites (tertiary alicyclic amines) is 2. The topological polar surface area (TPSA) is 72.9 Å². The van der Waals surface area contributed by atoms with Crippen LogP contribution in [0.3, 0.4) is 0 Å². The molecule has 0 spiro atoms. The highest BCUT2D eigenvalue weighted by Gasteiger charge is 2.45. The molecule has 2 N–H and O–H groups in total. The molecule has 1 atom stereocenters. The second-order valence-corrected chi connectivity index (χ2v) is 11.6. The van der Waals surface area contributed by atoms with E-state index in [0.29, 0.717) is 47.5 Å². The number of hydrogen-bond donors (Lipinski definition) is 2. The zero-order chi connectivity index (χ0) is 32.4. The Hall–Kier alpha value is -3.32. The Labute approximate surface area is 280 Å². The van der Waals surface area contributed by atoms with E-state index in [1.165, 1.54) is 17.0 Å². The van der Waals surface area contributed by atoms with Crippen molar-refractivity contribution in [2.45, 2.75) is 56.5 Å². The minimum absolute atomic E-state index is 0. The van der Waals surface area contributed by atoms with Crippen molar-refractivity contribution in [3.05, 3.63) is 89.0 Å². The summed E-state index contributed by atoms with van der Waals surface area (Å²) in [5.41, 5.74) is 2.30. The van der Waals surface area contributed by atoms with Crippen molar-refractivity contribution >= 4 is 42.4 Å². The van der Waals surface area contributed by atoms with E-state index < -0.39 is 35.8 Å². The van der Waals surface area contributed by atoms with E-state index in [1.807, 2.05) is 17.0 Å². The predicted molar refractivity (Wildman–Crippen MR) is 171 cm³/mol. The first-order valence-electron chi connectivity index (χ1n) is 14.7. The van der Waals surface area contributed by atoms with Gasteiger partial charge in [0.15, 0.2) is 0 Å². The van der Waals surface area contributed by atoms with Gasteiger partial charge in [0.1, 0.15) is 6.04 Å². The number of piperidine rings is 1. The standard InChI is InChI=1S/C33H33F6N3O3.2ClH/c34-32(35,36)26-9-7-23(8-10-26)28-12-11-27(18-25(28)19-42-15-1-2-29(42)33(37,38)39)40-31(45)24-5-3-21(4-6-24)22-13-16-41(17-14-22)20-30(43)44;;/h3-12,18,22,29H,1-2,13-17,19-20H2,(H,40,45)(H,43,44);2*1H/t29-;;/m0../s1. The zero-order valence-electron chi connectivity index (χ0n) is 25.1. The Morgan fingerprint density at radius 2 is 1.47 bits per heavy atom. The van der Waals surface area contributed by atoms with E-state index in [4.69, 9.17) is 5.11 Å². The van der Waals surface area contributed by atoms with E-state index in [1.54, 1.807) is 30.3 Å². The molecule has 0 radical (unpaired) electrons.